The van der Waals surface area contributed by atoms with Gasteiger partial charge in [0.25, 0.3) is 11.8 Å². The van der Waals surface area contributed by atoms with Crippen LogP contribution in [0.5, 0.6) is 0 Å². The second-order valence-electron chi connectivity index (χ2n) is 10.3. The van der Waals surface area contributed by atoms with Crippen molar-refractivity contribution in [2.75, 3.05) is 39.4 Å². The topological polar surface area (TPSA) is 156 Å². The van der Waals surface area contributed by atoms with Gasteiger partial charge in [-0.2, -0.15) is 0 Å². The van der Waals surface area contributed by atoms with Crippen molar-refractivity contribution in [1.82, 2.24) is 15.8 Å². The number of hydrazine groups is 1. The molecule has 1 aromatic rings. The summed E-state index contributed by atoms with van der Waals surface area (Å²) in [7, 11) is 1.52. The molecule has 0 aromatic heterocycles. The van der Waals surface area contributed by atoms with E-state index in [1.54, 1.807) is 27.7 Å². The van der Waals surface area contributed by atoms with E-state index < -0.39 is 53.5 Å². The first kappa shape index (κ1) is 35.5. The monoisotopic (exact) mass is 935 g/mol. The number of nitrogens with zero attached hydrogens (tertiary/aromatic N) is 1. The Morgan fingerprint density at radius 1 is 0.854 bits per heavy atom. The third-order valence-corrected chi connectivity index (χ3v) is 10.1. The molecule has 0 bridgehead atoms. The van der Waals surface area contributed by atoms with E-state index >= 15 is 0 Å². The van der Waals surface area contributed by atoms with Crippen LogP contribution in [0.15, 0.2) is 0 Å². The summed E-state index contributed by atoms with van der Waals surface area (Å²) in [6, 6.07) is -1.68. The largest absolute Gasteiger partial charge is 0.388 e. The summed E-state index contributed by atoms with van der Waals surface area (Å²) in [5.74, 6) is -3.99. The van der Waals surface area contributed by atoms with Gasteiger partial charge in [-0.25, -0.2) is 5.43 Å². The maximum Gasteiger partial charge on any atom is 0.270 e. The van der Waals surface area contributed by atoms with E-state index in [2.05, 4.69) is 10.7 Å². The highest BCUT2D eigenvalue weighted by Crippen LogP contribution is 2.34. The smallest absolute Gasteiger partial charge is 0.270 e. The Bertz CT molecular complexity index is 1190. The number of benzene rings is 1. The first-order valence-electron chi connectivity index (χ1n) is 12.6. The highest BCUT2D eigenvalue weighted by Gasteiger charge is 2.40. The quantitative estimate of drug-likeness (QED) is 0.139. The summed E-state index contributed by atoms with van der Waals surface area (Å²) in [5.41, 5.74) is 3.08. The molecule has 4 unspecified atom stereocenters. The summed E-state index contributed by atoms with van der Waals surface area (Å²) in [6.45, 7) is 6.59. The number of rotatable bonds is 7. The number of ether oxygens (including phenoxy) is 4. The summed E-state index contributed by atoms with van der Waals surface area (Å²) >= 11 is 11.6. The lowest BCUT2D eigenvalue weighted by atomic mass is 10.0. The molecule has 16 heteroatoms. The molecule has 0 radical (unpaired) electrons. The molecular weight excluding hydrogens is 902 g/mol. The van der Waals surface area contributed by atoms with Crippen molar-refractivity contribution in [1.29, 1.82) is 0 Å². The minimum absolute atomic E-state index is 0.0256. The normalized spacial score (nSPS) is 26.0. The van der Waals surface area contributed by atoms with Crippen LogP contribution in [-0.2, 0) is 18.9 Å². The minimum atomic E-state index is -1.10. The molecule has 2 heterocycles. The Hall–Kier alpha value is 0.0300. The predicted molar refractivity (Wildman–Crippen MR) is 174 cm³/mol. The molecule has 4 N–H and O–H groups in total. The molecule has 3 rings (SSSR count). The number of amides is 2. The van der Waals surface area contributed by atoms with E-state index in [1.165, 1.54) is 12.1 Å². The SMILES string of the molecule is CNN(C(=O)c1c(I)c(C(=O)CCl)c(I)c(C(=O)NC2COC(C)(C)OCC2O)c1I)C1COC(C)(C)OCC1O. The zero-order valence-corrected chi connectivity index (χ0v) is 30.3. The van der Waals surface area contributed by atoms with Gasteiger partial charge in [0.15, 0.2) is 17.4 Å². The Morgan fingerprint density at radius 2 is 1.34 bits per heavy atom. The van der Waals surface area contributed by atoms with Crippen LogP contribution in [0.25, 0.3) is 0 Å². The van der Waals surface area contributed by atoms with Crippen LogP contribution in [0.3, 0.4) is 0 Å². The maximum absolute atomic E-state index is 14.1. The molecule has 230 valence electrons. The molecule has 2 aliphatic rings. The number of aliphatic hydroxyl groups excluding tert-OH is 2. The lowest BCUT2D eigenvalue weighted by molar-refractivity contribution is -0.204. The highest BCUT2D eigenvalue weighted by molar-refractivity contribution is 14.1. The van der Waals surface area contributed by atoms with Gasteiger partial charge in [-0.3, -0.25) is 19.4 Å². The third kappa shape index (κ3) is 8.20. The van der Waals surface area contributed by atoms with E-state index in [0.717, 1.165) is 0 Å². The number of ketones is 1. The number of Topliss-reactive ketones (excluding diaryl/α,β-unsaturated/α-hetero) is 1. The second-order valence-corrected chi connectivity index (χ2v) is 13.9. The summed E-state index contributed by atoms with van der Waals surface area (Å²) in [5, 5.41) is 25.4. The number of alkyl halides is 1. The standard InChI is InChI=1S/C25H33ClI3N3O9/c1-24(2)38-7-11(14(34)9-40-24)31-22(36)17-19(27)16(13(33)6-26)20(28)18(21(17)29)23(37)32(30-5)12-8-39-25(3,4)41-10-15(12)35/h11-12,14-15,30,34-35H,6-10H2,1-5H3,(H,31,36). The van der Waals surface area contributed by atoms with Crippen molar-refractivity contribution in [2.24, 2.45) is 0 Å². The third-order valence-electron chi connectivity index (χ3n) is 6.59. The fraction of sp³-hybridized carbons (Fsp3) is 0.640. The van der Waals surface area contributed by atoms with E-state index in [1.807, 2.05) is 67.8 Å². The van der Waals surface area contributed by atoms with Crippen molar-refractivity contribution >= 4 is 97.0 Å². The van der Waals surface area contributed by atoms with Crippen LogP contribution in [-0.4, -0.2) is 108 Å². The zero-order valence-electron chi connectivity index (χ0n) is 23.1. The van der Waals surface area contributed by atoms with Gasteiger partial charge >= 0.3 is 0 Å². The van der Waals surface area contributed by atoms with Gasteiger partial charge in [0.05, 0.1) is 55.6 Å². The fourth-order valence-electron chi connectivity index (χ4n) is 4.21. The highest BCUT2D eigenvalue weighted by atomic mass is 127. The van der Waals surface area contributed by atoms with E-state index in [-0.39, 0.29) is 52.6 Å². The van der Waals surface area contributed by atoms with Crippen molar-refractivity contribution in [2.45, 2.75) is 63.6 Å². The van der Waals surface area contributed by atoms with Crippen LogP contribution in [0.4, 0.5) is 0 Å². The fourth-order valence-corrected chi connectivity index (χ4v) is 9.06. The van der Waals surface area contributed by atoms with Crippen LogP contribution in [0.1, 0.15) is 58.8 Å². The first-order valence-corrected chi connectivity index (χ1v) is 16.4. The van der Waals surface area contributed by atoms with Gasteiger partial charge in [0.2, 0.25) is 0 Å². The number of nitrogens with one attached hydrogen (secondary N) is 2. The Balaban J connectivity index is 2.08. The van der Waals surface area contributed by atoms with Crippen LogP contribution in [0.2, 0.25) is 0 Å². The Morgan fingerprint density at radius 3 is 1.90 bits per heavy atom. The molecule has 2 amide bonds. The second kappa shape index (κ2) is 14.4. The molecule has 2 saturated heterocycles. The molecule has 0 spiro atoms. The molecule has 0 aliphatic carbocycles. The van der Waals surface area contributed by atoms with Gasteiger partial charge in [-0.1, -0.05) is 0 Å². The summed E-state index contributed by atoms with van der Waals surface area (Å²) in [6.07, 6.45) is -2.16. The van der Waals surface area contributed by atoms with Crippen molar-refractivity contribution in [3.8, 4) is 0 Å². The summed E-state index contributed by atoms with van der Waals surface area (Å²) < 4.78 is 23.5. The molecular formula is C25H33ClI3N3O9. The number of carbonyl (C=O) groups is 3. The van der Waals surface area contributed by atoms with Crippen molar-refractivity contribution in [3.05, 3.63) is 27.4 Å². The van der Waals surface area contributed by atoms with Crippen molar-refractivity contribution < 1.29 is 43.5 Å². The molecule has 41 heavy (non-hydrogen) atoms. The Kier molecular flexibility index (Phi) is 12.5. The number of aliphatic hydroxyl groups is 2. The molecule has 4 atom stereocenters. The van der Waals surface area contributed by atoms with E-state index in [9.17, 15) is 24.6 Å². The molecule has 0 saturated carbocycles. The van der Waals surface area contributed by atoms with Gasteiger partial charge in [-0.05, 0) is 95.5 Å². The van der Waals surface area contributed by atoms with Gasteiger partial charge in [-0.15, -0.1) is 11.6 Å². The lowest BCUT2D eigenvalue weighted by Gasteiger charge is -2.33. The Labute approximate surface area is 284 Å². The average molecular weight is 936 g/mol. The van der Waals surface area contributed by atoms with Crippen LogP contribution < -0.4 is 10.7 Å². The van der Waals surface area contributed by atoms with Crippen LogP contribution >= 0.6 is 79.4 Å². The molecule has 2 aliphatic heterocycles. The summed E-state index contributed by atoms with van der Waals surface area (Å²) in [4.78, 5) is 40.9. The van der Waals surface area contributed by atoms with E-state index in [0.29, 0.717) is 7.14 Å². The molecule has 12 nitrogen and oxygen atoms in total. The number of hydrogen-bond acceptors (Lipinski definition) is 10. The average Bonchev–Trinajstić information content (AvgIpc) is 3.11. The maximum atomic E-state index is 14.1. The first-order chi connectivity index (χ1) is 19.0. The number of carbonyl (C=O) groups excluding carboxylic acids is 3. The number of halogens is 4. The lowest BCUT2D eigenvalue weighted by Crippen LogP contribution is -2.55. The van der Waals surface area contributed by atoms with Crippen LogP contribution in [0, 0.1) is 10.7 Å². The van der Waals surface area contributed by atoms with E-state index in [4.69, 9.17) is 30.5 Å². The molecule has 2 fully saturated rings. The minimum Gasteiger partial charge on any atom is -0.388 e. The molecule has 1 aromatic carbocycles. The number of hydrogen-bond donors (Lipinski definition) is 4. The van der Waals surface area contributed by atoms with Crippen molar-refractivity contribution in [3.63, 3.8) is 0 Å². The van der Waals surface area contributed by atoms with Gasteiger partial charge in [0.1, 0.15) is 12.1 Å². The van der Waals surface area contributed by atoms with Gasteiger partial charge < -0.3 is 34.5 Å². The van der Waals surface area contributed by atoms with Gasteiger partial charge in [0, 0.05) is 23.3 Å². The predicted octanol–water partition coefficient (Wildman–Crippen LogP) is 2.25. The zero-order chi connectivity index (χ0) is 30.9.